The standard InChI is InChI=1S/C23H28FN3O3S/c1-2-11-25-23(29)27(17-5-6-17)14-22(28)26-12-9-21-19(10-13-31-21)20(26)15-30-18-7-3-16(24)4-8-18/h3-4,7-8,10,13,17,20H,2,5-6,9,11-12,14-15H2,1H3,(H,25,29). The highest BCUT2D eigenvalue weighted by Gasteiger charge is 2.37. The molecule has 6 nitrogen and oxygen atoms in total. The van der Waals surface area contributed by atoms with Gasteiger partial charge < -0.3 is 19.9 Å². The van der Waals surface area contributed by atoms with E-state index in [4.69, 9.17) is 4.74 Å². The summed E-state index contributed by atoms with van der Waals surface area (Å²) in [4.78, 5) is 30.7. The van der Waals surface area contributed by atoms with Crippen LogP contribution >= 0.6 is 11.3 Å². The molecule has 0 saturated heterocycles. The van der Waals surface area contributed by atoms with Crippen LogP contribution in [0.1, 0.15) is 42.7 Å². The maximum Gasteiger partial charge on any atom is 0.318 e. The third-order valence-corrected chi connectivity index (χ3v) is 6.71. The number of ether oxygens (including phenoxy) is 1. The van der Waals surface area contributed by atoms with Gasteiger partial charge in [-0.15, -0.1) is 11.3 Å². The molecule has 1 fully saturated rings. The minimum atomic E-state index is -0.316. The summed E-state index contributed by atoms with van der Waals surface area (Å²) in [7, 11) is 0. The molecule has 8 heteroatoms. The Bertz CT molecular complexity index is 913. The van der Waals surface area contributed by atoms with Gasteiger partial charge in [-0.2, -0.15) is 0 Å². The van der Waals surface area contributed by atoms with Crippen molar-refractivity contribution in [3.63, 3.8) is 0 Å². The van der Waals surface area contributed by atoms with Gasteiger partial charge in [0.25, 0.3) is 0 Å². The molecule has 0 bridgehead atoms. The molecule has 1 atom stereocenters. The van der Waals surface area contributed by atoms with Crippen LogP contribution in [0.3, 0.4) is 0 Å². The minimum Gasteiger partial charge on any atom is -0.491 e. The Morgan fingerprint density at radius 3 is 2.74 bits per heavy atom. The van der Waals surface area contributed by atoms with Crippen molar-refractivity contribution in [2.75, 3.05) is 26.2 Å². The molecule has 1 aliphatic carbocycles. The molecule has 0 radical (unpaired) electrons. The summed E-state index contributed by atoms with van der Waals surface area (Å²) in [6, 6.07) is 7.70. The lowest BCUT2D eigenvalue weighted by molar-refractivity contribution is -0.135. The quantitative estimate of drug-likeness (QED) is 0.669. The number of nitrogens with one attached hydrogen (secondary N) is 1. The number of fused-ring (bicyclic) bond motifs is 1. The molecular weight excluding hydrogens is 417 g/mol. The molecule has 1 aromatic heterocycles. The van der Waals surface area contributed by atoms with Crippen molar-refractivity contribution in [3.05, 3.63) is 52.0 Å². The van der Waals surface area contributed by atoms with Gasteiger partial charge in [0.2, 0.25) is 5.91 Å². The lowest BCUT2D eigenvalue weighted by atomic mass is 10.0. The number of thiophene rings is 1. The topological polar surface area (TPSA) is 61.9 Å². The average molecular weight is 446 g/mol. The lowest BCUT2D eigenvalue weighted by Crippen LogP contribution is -2.50. The van der Waals surface area contributed by atoms with Crippen LogP contribution in [0.15, 0.2) is 35.7 Å². The van der Waals surface area contributed by atoms with Crippen molar-refractivity contribution < 1.29 is 18.7 Å². The fraction of sp³-hybridized carbons (Fsp3) is 0.478. The van der Waals surface area contributed by atoms with E-state index in [1.807, 2.05) is 23.3 Å². The summed E-state index contributed by atoms with van der Waals surface area (Å²) >= 11 is 1.69. The lowest BCUT2D eigenvalue weighted by Gasteiger charge is -2.37. The van der Waals surface area contributed by atoms with Gasteiger partial charge in [0, 0.05) is 24.0 Å². The Morgan fingerprint density at radius 1 is 1.26 bits per heavy atom. The molecule has 3 amide bonds. The second kappa shape index (κ2) is 9.68. The zero-order valence-electron chi connectivity index (χ0n) is 17.7. The van der Waals surface area contributed by atoms with Crippen molar-refractivity contribution >= 4 is 23.3 Å². The van der Waals surface area contributed by atoms with Gasteiger partial charge >= 0.3 is 6.03 Å². The highest BCUT2D eigenvalue weighted by atomic mass is 32.1. The van der Waals surface area contributed by atoms with Crippen LogP contribution < -0.4 is 10.1 Å². The molecule has 1 saturated carbocycles. The van der Waals surface area contributed by atoms with Crippen LogP contribution in [0.4, 0.5) is 9.18 Å². The van der Waals surface area contributed by atoms with E-state index in [0.717, 1.165) is 31.2 Å². The molecular formula is C23H28FN3O3S. The molecule has 4 rings (SSSR count). The summed E-state index contributed by atoms with van der Waals surface area (Å²) in [5.41, 5.74) is 1.10. The largest absolute Gasteiger partial charge is 0.491 e. The first-order chi connectivity index (χ1) is 15.1. The SMILES string of the molecule is CCCNC(=O)N(CC(=O)N1CCc2sccc2C1COc1ccc(F)cc1)C1CC1. The summed E-state index contributed by atoms with van der Waals surface area (Å²) < 4.78 is 19.1. The first-order valence-corrected chi connectivity index (χ1v) is 11.7. The maximum atomic E-state index is 13.3. The smallest absolute Gasteiger partial charge is 0.318 e. The van der Waals surface area contributed by atoms with Gasteiger partial charge in [0.1, 0.15) is 24.7 Å². The van der Waals surface area contributed by atoms with Crippen LogP contribution in [-0.4, -0.2) is 54.0 Å². The molecule has 166 valence electrons. The second-order valence-electron chi connectivity index (χ2n) is 8.01. The number of halogens is 1. The summed E-state index contributed by atoms with van der Waals surface area (Å²) in [6.45, 7) is 3.56. The van der Waals surface area contributed by atoms with Crippen molar-refractivity contribution in [1.29, 1.82) is 0 Å². The van der Waals surface area contributed by atoms with Gasteiger partial charge in [-0.3, -0.25) is 4.79 Å². The van der Waals surface area contributed by atoms with Crippen LogP contribution in [0.25, 0.3) is 0 Å². The number of benzene rings is 1. The van der Waals surface area contributed by atoms with Gasteiger partial charge in [0.05, 0.1) is 6.04 Å². The van der Waals surface area contributed by atoms with Crippen molar-refractivity contribution in [1.82, 2.24) is 15.1 Å². The first-order valence-electron chi connectivity index (χ1n) is 10.9. The molecule has 2 aromatic rings. The Balaban J connectivity index is 1.47. The normalized spacial score (nSPS) is 17.7. The van der Waals surface area contributed by atoms with E-state index in [9.17, 15) is 14.0 Å². The van der Waals surface area contributed by atoms with Crippen molar-refractivity contribution in [2.45, 2.75) is 44.7 Å². The fourth-order valence-corrected chi connectivity index (χ4v) is 4.83. The number of hydrogen-bond donors (Lipinski definition) is 1. The summed E-state index contributed by atoms with van der Waals surface area (Å²) in [6.07, 6.45) is 3.54. The van der Waals surface area contributed by atoms with E-state index in [1.54, 1.807) is 28.4 Å². The van der Waals surface area contributed by atoms with E-state index >= 15 is 0 Å². The average Bonchev–Trinajstić information content (AvgIpc) is 3.50. The van der Waals surface area contributed by atoms with E-state index < -0.39 is 0 Å². The molecule has 0 spiro atoms. The molecule has 2 aliphatic rings. The third-order valence-electron chi connectivity index (χ3n) is 5.72. The number of rotatable bonds is 8. The predicted molar refractivity (Wildman–Crippen MR) is 118 cm³/mol. The second-order valence-corrected chi connectivity index (χ2v) is 9.01. The van der Waals surface area contributed by atoms with E-state index in [1.165, 1.54) is 17.0 Å². The molecule has 2 heterocycles. The Morgan fingerprint density at radius 2 is 2.03 bits per heavy atom. The third kappa shape index (κ3) is 5.18. The number of amides is 3. The maximum absolute atomic E-state index is 13.3. The van der Waals surface area contributed by atoms with Crippen LogP contribution in [0.5, 0.6) is 5.75 Å². The highest BCUT2D eigenvalue weighted by Crippen LogP contribution is 2.34. The van der Waals surface area contributed by atoms with Gasteiger partial charge in [-0.1, -0.05) is 6.92 Å². The minimum absolute atomic E-state index is 0.0666. The monoisotopic (exact) mass is 445 g/mol. The Hall–Kier alpha value is -2.61. The number of carbonyl (C=O) groups excluding carboxylic acids is 2. The number of hydrogen-bond acceptors (Lipinski definition) is 4. The van der Waals surface area contributed by atoms with E-state index in [-0.39, 0.29) is 43.0 Å². The number of urea groups is 1. The molecule has 31 heavy (non-hydrogen) atoms. The van der Waals surface area contributed by atoms with E-state index in [2.05, 4.69) is 5.32 Å². The van der Waals surface area contributed by atoms with Crippen molar-refractivity contribution in [3.8, 4) is 5.75 Å². The zero-order valence-corrected chi connectivity index (χ0v) is 18.5. The molecule has 1 unspecified atom stereocenters. The zero-order chi connectivity index (χ0) is 21.8. The molecule has 1 aliphatic heterocycles. The summed E-state index contributed by atoms with van der Waals surface area (Å²) in [5, 5.41) is 4.94. The first kappa shape index (κ1) is 21.6. The number of carbonyl (C=O) groups is 2. The Labute approximate surface area is 186 Å². The fourth-order valence-electron chi connectivity index (χ4n) is 3.90. The van der Waals surface area contributed by atoms with Crippen molar-refractivity contribution in [2.24, 2.45) is 0 Å². The Kier molecular flexibility index (Phi) is 6.75. The van der Waals surface area contributed by atoms with E-state index in [0.29, 0.717) is 18.8 Å². The highest BCUT2D eigenvalue weighted by molar-refractivity contribution is 7.10. The number of nitrogens with zero attached hydrogens (tertiary/aromatic N) is 2. The van der Waals surface area contributed by atoms with Crippen LogP contribution in [-0.2, 0) is 11.2 Å². The molecule has 1 N–H and O–H groups in total. The van der Waals surface area contributed by atoms with Gasteiger partial charge in [0.15, 0.2) is 0 Å². The van der Waals surface area contributed by atoms with Gasteiger partial charge in [-0.25, -0.2) is 9.18 Å². The van der Waals surface area contributed by atoms with Gasteiger partial charge in [-0.05, 0) is 67.0 Å². The van der Waals surface area contributed by atoms with Crippen LogP contribution in [0, 0.1) is 5.82 Å². The predicted octanol–water partition coefficient (Wildman–Crippen LogP) is 3.98. The van der Waals surface area contributed by atoms with Crippen LogP contribution in [0.2, 0.25) is 0 Å². The summed E-state index contributed by atoms with van der Waals surface area (Å²) in [5.74, 6) is 0.182. The molecule has 1 aromatic carbocycles.